The van der Waals surface area contributed by atoms with Gasteiger partial charge in [0.25, 0.3) is 0 Å². The lowest BCUT2D eigenvalue weighted by atomic mass is 10.0. The Morgan fingerprint density at radius 2 is 1.03 bits per heavy atom. The summed E-state index contributed by atoms with van der Waals surface area (Å²) in [6.07, 6.45) is 9.45. The SMILES string of the molecule is C=C(C=O)Cc1ccccc1.CC(C)OC(=O)c1ncc(Cc2ccccc2)cc1CO.COC(=O)c1ncc2cc(Cc3ccccc3)cnc2c1O.O=C(O)c1cc(Cc2ccccc2)cnc1C(=O)O. The molecule has 0 saturated carbocycles. The Balaban J connectivity index is 0.000000185. The van der Waals surface area contributed by atoms with Crippen LogP contribution in [0.2, 0.25) is 0 Å². The summed E-state index contributed by atoms with van der Waals surface area (Å²) in [7, 11) is 1.24. The Kier molecular flexibility index (Phi) is 20.9. The minimum Gasteiger partial charge on any atom is -0.504 e. The number of ether oxygens (including phenoxy) is 2. The van der Waals surface area contributed by atoms with Crippen molar-refractivity contribution in [1.29, 1.82) is 0 Å². The smallest absolute Gasteiger partial charge is 0.360 e. The summed E-state index contributed by atoms with van der Waals surface area (Å²) >= 11 is 0. The van der Waals surface area contributed by atoms with Crippen LogP contribution in [0.15, 0.2) is 176 Å². The number of carbonyl (C=O) groups excluding carboxylic acids is 3. The molecule has 0 saturated heterocycles. The molecule has 0 aliphatic heterocycles. The molecule has 0 unspecified atom stereocenters. The number of aromatic hydroxyl groups is 1. The molecule has 0 amide bonds. The minimum atomic E-state index is -1.34. The highest BCUT2D eigenvalue weighted by Crippen LogP contribution is 2.27. The van der Waals surface area contributed by atoms with Gasteiger partial charge in [-0.1, -0.05) is 128 Å². The topological polar surface area (TPSA) is 236 Å². The molecule has 0 bridgehead atoms. The monoisotopic (exact) mass is 982 g/mol. The summed E-state index contributed by atoms with van der Waals surface area (Å²) in [5, 5.41) is 38.1. The van der Waals surface area contributed by atoms with Crippen LogP contribution in [0.4, 0.5) is 0 Å². The first kappa shape index (κ1) is 54.7. The van der Waals surface area contributed by atoms with Crippen molar-refractivity contribution in [3.63, 3.8) is 0 Å². The van der Waals surface area contributed by atoms with Gasteiger partial charge in [0.2, 0.25) is 0 Å². The lowest BCUT2D eigenvalue weighted by molar-refractivity contribution is -0.105. The van der Waals surface area contributed by atoms with E-state index in [-0.39, 0.29) is 35.4 Å². The number of methoxy groups -OCH3 is 1. The molecule has 0 fully saturated rings. The Hall–Kier alpha value is -9.21. The molecule has 0 aliphatic rings. The predicted octanol–water partition coefficient (Wildman–Crippen LogP) is 9.50. The zero-order valence-corrected chi connectivity index (χ0v) is 40.4. The maximum absolute atomic E-state index is 11.9. The molecule has 8 rings (SSSR count). The molecule has 4 heterocycles. The van der Waals surface area contributed by atoms with E-state index in [0.29, 0.717) is 46.9 Å². The number of aliphatic hydroxyl groups is 1. The van der Waals surface area contributed by atoms with E-state index in [1.54, 1.807) is 32.3 Å². The highest BCUT2D eigenvalue weighted by atomic mass is 16.5. The third-order valence-corrected chi connectivity index (χ3v) is 10.4. The van der Waals surface area contributed by atoms with Crippen LogP contribution >= 0.6 is 0 Å². The summed E-state index contributed by atoms with van der Waals surface area (Å²) in [6.45, 7) is 6.92. The first-order chi connectivity index (χ1) is 35.2. The fourth-order valence-electron chi connectivity index (χ4n) is 7.04. The number of fused-ring (bicyclic) bond motifs is 1. The molecule has 0 radical (unpaired) electrons. The number of carboxylic acid groups (broad SMARTS) is 2. The average molecular weight is 983 g/mol. The number of esters is 2. The number of nitrogens with zero attached hydrogens (tertiary/aromatic N) is 4. The number of rotatable bonds is 15. The largest absolute Gasteiger partial charge is 0.504 e. The normalized spacial score (nSPS) is 10.3. The van der Waals surface area contributed by atoms with Crippen LogP contribution in [0.5, 0.6) is 5.75 Å². The van der Waals surface area contributed by atoms with Crippen molar-refractivity contribution < 1.29 is 53.9 Å². The number of aromatic carboxylic acids is 2. The number of pyridine rings is 4. The van der Waals surface area contributed by atoms with E-state index in [1.165, 1.54) is 31.1 Å². The van der Waals surface area contributed by atoms with Crippen LogP contribution in [0.1, 0.15) is 100 Å². The molecule has 0 aliphatic carbocycles. The molecule has 8 aromatic rings. The highest BCUT2D eigenvalue weighted by molar-refractivity contribution is 6.00. The van der Waals surface area contributed by atoms with Crippen molar-refractivity contribution in [2.45, 2.75) is 52.2 Å². The molecule has 0 spiro atoms. The van der Waals surface area contributed by atoms with Gasteiger partial charge < -0.3 is 29.9 Å². The number of aromatic nitrogens is 4. The molecule has 15 heteroatoms. The van der Waals surface area contributed by atoms with Crippen LogP contribution in [-0.4, -0.2) is 83.7 Å². The zero-order chi connectivity index (χ0) is 52.7. The van der Waals surface area contributed by atoms with E-state index < -0.39 is 29.6 Å². The number of carboxylic acids is 2. The predicted molar refractivity (Wildman–Crippen MR) is 275 cm³/mol. The first-order valence-corrected chi connectivity index (χ1v) is 22.8. The van der Waals surface area contributed by atoms with Crippen molar-refractivity contribution in [2.24, 2.45) is 0 Å². The lowest BCUT2D eigenvalue weighted by Gasteiger charge is -2.11. The van der Waals surface area contributed by atoms with E-state index in [0.717, 1.165) is 40.5 Å². The van der Waals surface area contributed by atoms with E-state index in [2.05, 4.69) is 31.3 Å². The Morgan fingerprint density at radius 3 is 1.48 bits per heavy atom. The van der Waals surface area contributed by atoms with Crippen LogP contribution in [-0.2, 0) is 46.6 Å². The van der Waals surface area contributed by atoms with Crippen LogP contribution in [0.25, 0.3) is 10.9 Å². The molecule has 0 atom stereocenters. The average Bonchev–Trinajstić information content (AvgIpc) is 3.40. The number of hydrogen-bond acceptors (Lipinski definition) is 13. The van der Waals surface area contributed by atoms with E-state index in [9.17, 15) is 34.2 Å². The fraction of sp³-hybridized carbons (Fsp3) is 0.155. The van der Waals surface area contributed by atoms with Gasteiger partial charge in [-0.3, -0.25) is 9.78 Å². The molecule has 4 aromatic carbocycles. The van der Waals surface area contributed by atoms with Gasteiger partial charge in [-0.05, 0) is 95.8 Å². The van der Waals surface area contributed by atoms with Crippen molar-refractivity contribution >= 4 is 41.1 Å². The van der Waals surface area contributed by atoms with Gasteiger partial charge in [-0.15, -0.1) is 0 Å². The van der Waals surface area contributed by atoms with Gasteiger partial charge >= 0.3 is 23.9 Å². The van der Waals surface area contributed by atoms with E-state index in [1.807, 2.05) is 127 Å². The number of allylic oxidation sites excluding steroid dienone is 1. The van der Waals surface area contributed by atoms with Crippen molar-refractivity contribution in [3.05, 3.63) is 244 Å². The molecule has 4 N–H and O–H groups in total. The molecule has 4 aromatic heterocycles. The lowest BCUT2D eigenvalue weighted by Crippen LogP contribution is -2.15. The number of carbonyl (C=O) groups is 5. The van der Waals surface area contributed by atoms with Crippen molar-refractivity contribution in [2.75, 3.05) is 7.11 Å². The third kappa shape index (κ3) is 17.0. The molecule has 73 heavy (non-hydrogen) atoms. The van der Waals surface area contributed by atoms with Gasteiger partial charge in [0, 0.05) is 42.2 Å². The zero-order valence-electron chi connectivity index (χ0n) is 40.4. The first-order valence-electron chi connectivity index (χ1n) is 22.8. The van der Waals surface area contributed by atoms with Gasteiger partial charge in [0.05, 0.1) is 25.4 Å². The minimum absolute atomic E-state index is 0.127. The van der Waals surface area contributed by atoms with Crippen LogP contribution < -0.4 is 0 Å². The van der Waals surface area contributed by atoms with E-state index >= 15 is 0 Å². The molecular formula is C58H54N4O11. The summed E-state index contributed by atoms with van der Waals surface area (Å²) in [6, 6.07) is 44.3. The highest BCUT2D eigenvalue weighted by Gasteiger charge is 2.20. The Labute approximate surface area is 422 Å². The fourth-order valence-corrected chi connectivity index (χ4v) is 7.04. The number of benzene rings is 4. The number of hydrogen-bond donors (Lipinski definition) is 4. The third-order valence-electron chi connectivity index (χ3n) is 10.4. The van der Waals surface area contributed by atoms with Gasteiger partial charge in [-0.25, -0.2) is 34.1 Å². The molecular weight excluding hydrogens is 929 g/mol. The van der Waals surface area contributed by atoms with Crippen LogP contribution in [0.3, 0.4) is 0 Å². The van der Waals surface area contributed by atoms with E-state index in [4.69, 9.17) is 14.9 Å². The second-order valence-electron chi connectivity index (χ2n) is 16.5. The number of aliphatic hydroxyl groups excluding tert-OH is 1. The Bertz CT molecular complexity index is 3130. The second kappa shape index (κ2) is 27.8. The van der Waals surface area contributed by atoms with Crippen LogP contribution in [0, 0.1) is 0 Å². The van der Waals surface area contributed by atoms with Gasteiger partial charge in [0.1, 0.15) is 11.8 Å². The number of aldehydes is 1. The standard InChI is InChI=1S/C17H14N2O3.C17H19NO3.C14H11NO4.C10H10O/c1-22-17(21)15-16(20)14-13(10-19-15)8-12(9-18-14)7-11-5-3-2-4-6-11;1-12(2)21-17(20)16-15(11-19)9-14(10-18-16)8-13-6-4-3-5-7-13;16-13(17)11-7-10(8-15-12(11)14(18)19)6-9-4-2-1-3-5-9;1-9(8-11)7-10-5-3-2-4-6-10/h2-6,8-10,20H,7H2,1H3;3-7,9-10,12,19H,8,11H2,1-2H3;1-5,7-8H,6H2,(H,16,17)(H,18,19);2-6,8H,1,7H2. The summed E-state index contributed by atoms with van der Waals surface area (Å²) < 4.78 is 9.70. The Morgan fingerprint density at radius 1 is 0.575 bits per heavy atom. The summed E-state index contributed by atoms with van der Waals surface area (Å²) in [5.74, 6) is -4.08. The van der Waals surface area contributed by atoms with Crippen molar-refractivity contribution in [3.8, 4) is 5.75 Å². The molecule has 15 nitrogen and oxygen atoms in total. The van der Waals surface area contributed by atoms with Crippen molar-refractivity contribution in [1.82, 2.24) is 19.9 Å². The maximum Gasteiger partial charge on any atom is 0.360 e. The van der Waals surface area contributed by atoms with Gasteiger partial charge in [-0.2, -0.15) is 0 Å². The molecule has 372 valence electrons. The quantitative estimate of drug-likeness (QED) is 0.0425. The second-order valence-corrected chi connectivity index (χ2v) is 16.5. The summed E-state index contributed by atoms with van der Waals surface area (Å²) in [5.41, 5.74) is 7.86. The maximum atomic E-state index is 11.9. The summed E-state index contributed by atoms with van der Waals surface area (Å²) in [4.78, 5) is 71.6. The van der Waals surface area contributed by atoms with Gasteiger partial charge in [0.15, 0.2) is 22.8 Å².